The number of halogens is 3. The molecule has 2 bridgehead atoms. The molecule has 5 aromatic rings. The van der Waals surface area contributed by atoms with Gasteiger partial charge in [0.25, 0.3) is 5.92 Å². The number of morpholine rings is 5. The second-order valence-electron chi connectivity index (χ2n) is 44.0. The van der Waals surface area contributed by atoms with E-state index in [4.69, 9.17) is 46.3 Å². The van der Waals surface area contributed by atoms with E-state index >= 15 is 0 Å². The largest absolute Gasteiger partial charge is 0.495 e. The highest BCUT2D eigenvalue weighted by atomic mass is 32.1. The summed E-state index contributed by atoms with van der Waals surface area (Å²) in [5.41, 5.74) is 5.63. The molecule has 6 unspecified atom stereocenters. The normalized spacial score (nSPS) is 21.2. The number of aryl methyl sites for hydroxylation is 1. The van der Waals surface area contributed by atoms with Gasteiger partial charge in [-0.05, 0) is 206 Å². The summed E-state index contributed by atoms with van der Waals surface area (Å²) in [5.74, 6) is -0.412. The van der Waals surface area contributed by atoms with Crippen LogP contribution in [0.5, 0.6) is 11.6 Å². The number of alkyl halides is 2. The van der Waals surface area contributed by atoms with Gasteiger partial charge < -0.3 is 38.0 Å². The molecule has 0 aromatic carbocycles. The van der Waals surface area contributed by atoms with Gasteiger partial charge in [-0.3, -0.25) is 39.4 Å². The molecule has 7 fully saturated rings. The maximum Gasteiger partial charge on any atom is 0.371 e. The summed E-state index contributed by atoms with van der Waals surface area (Å²) in [5, 5.41) is 0.780. The summed E-state index contributed by atoms with van der Waals surface area (Å²) >= 11 is 1.53. The predicted octanol–water partition coefficient (Wildman–Crippen LogP) is 22.4. The van der Waals surface area contributed by atoms with Crippen molar-refractivity contribution in [2.45, 2.75) is 372 Å². The highest BCUT2D eigenvalue weighted by molar-refractivity contribution is 7.16. The van der Waals surface area contributed by atoms with E-state index in [-0.39, 0.29) is 62.9 Å². The minimum absolute atomic E-state index is 0.00764. The highest BCUT2D eigenvalue weighted by Crippen LogP contribution is 2.34. The lowest BCUT2D eigenvalue weighted by Gasteiger charge is -2.43. The Morgan fingerprint density at radius 2 is 0.896 bits per heavy atom. The topological polar surface area (TPSA) is 170 Å². The maximum absolute atomic E-state index is 12.7. The number of hydrogen-bond acceptors (Lipinski definition) is 20. The number of ether oxygens (including phenoxy) is 7. The summed E-state index contributed by atoms with van der Waals surface area (Å²) < 4.78 is 75.8. The van der Waals surface area contributed by atoms with E-state index in [9.17, 15) is 13.2 Å². The monoisotopic (exact) mass is 1770 g/mol. The first-order valence-corrected chi connectivity index (χ1v) is 46.2. The van der Waals surface area contributed by atoms with Gasteiger partial charge in [0.15, 0.2) is 0 Å². The second kappa shape index (κ2) is 51.6. The van der Waals surface area contributed by atoms with E-state index < -0.39 is 5.92 Å². The molecule has 12 heterocycles. The predicted molar refractivity (Wildman–Crippen MR) is 513 cm³/mol. The molecule has 125 heavy (non-hydrogen) atoms. The third kappa shape index (κ3) is 47.0. The second-order valence-corrected chi connectivity index (χ2v) is 45.2. The average molecular weight is 1770 g/mol. The standard InChI is InChI=1S/C11H23NO.C10H19NO.C10H21NO.C10H15NO.C9H17F2N.C9H12FN.C9H11N3.C9H14N2O.C9H19NO.C8H17NO.C6H5NS/c1-9(2)10-8-12(6-7-13-10)11(3,4)5;1-10(2,3)11-6-8-4-5-9(7-11)12-8;1-8-6-11(10(3,4)5)7-9(2)12-8;1-10(2,3)9-6-5-8(12-4)7-11-9;1-8(2,3)12-6-4-9(10,11)5-7-12;1-9(2,3)8-5-4-7(10)6-11-8;1-9(2,3)7-5-6-11-8(10-4)12-7;1-9(2,3)7-5-8(12-4)11-6-10-7;1-8-7-10(5-6-11-8)9(2,3)4;1-8(2,3)9-4-6-10-7-5-9;1-5-3-4-6(7-2)8-5/h9-10H,6-8H2,1-5H3;8-9H,4-7H2,1-3H3;8-9H,6-7H2,1-5H3;5-7H,1-4H3;4-7H2,1-3H3;4-6H,1-3H3;5-6H,1-3H3;5-6H,1-4H3;8H,5-7H2,1-4H3;4-7H2,1-3H3;3-4H,1H3. The fraction of sp³-hybridized carbons (Fsp3) is 0.760. The summed E-state index contributed by atoms with van der Waals surface area (Å²) in [6, 6.07) is 14.6. The van der Waals surface area contributed by atoms with Crippen LogP contribution in [0.3, 0.4) is 0 Å². The van der Waals surface area contributed by atoms with E-state index in [0.717, 1.165) is 125 Å². The number of hydrogen-bond donors (Lipinski definition) is 0. The molecule has 0 saturated carbocycles. The van der Waals surface area contributed by atoms with Crippen LogP contribution in [0.1, 0.15) is 296 Å². The number of thiophene rings is 1. The maximum atomic E-state index is 12.7. The zero-order valence-electron chi connectivity index (χ0n) is 85.3. The van der Waals surface area contributed by atoms with Crippen LogP contribution < -0.4 is 9.47 Å². The fourth-order valence-corrected chi connectivity index (χ4v) is 14.3. The molecule has 7 aliphatic heterocycles. The Kier molecular flexibility index (Phi) is 47.6. The van der Waals surface area contributed by atoms with Gasteiger partial charge in [-0.1, -0.05) is 103 Å². The molecule has 0 radical (unpaired) electrons. The first kappa shape index (κ1) is 115. The number of nitrogens with zero attached hydrogens (tertiary/aromatic N) is 14. The molecule has 7 aliphatic rings. The van der Waals surface area contributed by atoms with Crippen LogP contribution in [0.25, 0.3) is 9.69 Å². The fourth-order valence-electron chi connectivity index (χ4n) is 13.7. The average Bonchev–Trinajstić information content (AvgIpc) is 1.73. The van der Waals surface area contributed by atoms with Crippen molar-refractivity contribution >= 4 is 22.3 Å². The van der Waals surface area contributed by atoms with Crippen LogP contribution in [0, 0.1) is 31.8 Å². The van der Waals surface area contributed by atoms with Crippen molar-refractivity contribution in [3.8, 4) is 11.6 Å². The summed E-state index contributed by atoms with van der Waals surface area (Å²) in [6.07, 6.45) is 11.4. The van der Waals surface area contributed by atoms with Gasteiger partial charge in [0, 0.05) is 170 Å². The molecule has 712 valence electrons. The molecule has 0 amide bonds. The first-order valence-electron chi connectivity index (χ1n) is 45.4. The van der Waals surface area contributed by atoms with Crippen molar-refractivity contribution in [1.29, 1.82) is 0 Å². The van der Waals surface area contributed by atoms with E-state index in [1.54, 1.807) is 32.7 Å². The molecule has 12 rings (SSSR count). The molecule has 0 aliphatic carbocycles. The van der Waals surface area contributed by atoms with Crippen LogP contribution in [-0.2, 0) is 45.3 Å². The van der Waals surface area contributed by atoms with Crippen molar-refractivity contribution in [3.05, 3.63) is 130 Å². The van der Waals surface area contributed by atoms with Crippen molar-refractivity contribution in [2.24, 2.45) is 5.92 Å². The number of methoxy groups -OCH3 is 2. The van der Waals surface area contributed by atoms with Crippen LogP contribution in [0.2, 0.25) is 0 Å². The quantitative estimate of drug-likeness (QED) is 0.156. The Bertz CT molecular complexity index is 3830. The number of likely N-dealkylation sites (tertiary alicyclic amines) is 2. The van der Waals surface area contributed by atoms with Gasteiger partial charge >= 0.3 is 5.95 Å². The summed E-state index contributed by atoms with van der Waals surface area (Å²) in [6.45, 7) is 107. The lowest BCUT2D eigenvalue weighted by atomic mass is 9.92. The minimum Gasteiger partial charge on any atom is -0.495 e. The lowest BCUT2D eigenvalue weighted by Crippen LogP contribution is -2.53. The van der Waals surface area contributed by atoms with Crippen LogP contribution in [0.4, 0.5) is 24.1 Å². The van der Waals surface area contributed by atoms with Crippen molar-refractivity contribution in [2.75, 3.05) is 119 Å². The van der Waals surface area contributed by atoms with Gasteiger partial charge in [0.05, 0.1) is 108 Å². The van der Waals surface area contributed by atoms with Gasteiger partial charge in [-0.15, -0.1) is 6.57 Å². The number of aromatic nitrogens is 6. The van der Waals surface area contributed by atoms with Crippen LogP contribution in [0.15, 0.2) is 73.4 Å². The van der Waals surface area contributed by atoms with E-state index in [1.165, 1.54) is 47.6 Å². The smallest absolute Gasteiger partial charge is 0.371 e. The molecular formula is C100H173F3N14O7S. The molecule has 25 heteroatoms. The van der Waals surface area contributed by atoms with Gasteiger partial charge in [0.2, 0.25) is 10.9 Å². The first-order chi connectivity index (χ1) is 57.2. The Morgan fingerprint density at radius 3 is 1.26 bits per heavy atom. The van der Waals surface area contributed by atoms with Crippen LogP contribution >= 0.6 is 11.3 Å². The molecule has 0 spiro atoms. The molecule has 6 atom stereocenters. The van der Waals surface area contributed by atoms with Crippen LogP contribution in [-0.4, -0.2) is 254 Å². The van der Waals surface area contributed by atoms with Gasteiger partial charge in [-0.25, -0.2) is 28.0 Å². The summed E-state index contributed by atoms with van der Waals surface area (Å²) in [4.78, 5) is 46.5. The molecule has 0 N–H and O–H groups in total. The van der Waals surface area contributed by atoms with E-state index in [1.807, 2.05) is 64.1 Å². The molecule has 21 nitrogen and oxygen atoms in total. The third-order valence-electron chi connectivity index (χ3n) is 21.9. The zero-order valence-corrected chi connectivity index (χ0v) is 86.1. The molecule has 5 aromatic heterocycles. The minimum atomic E-state index is -2.41. The molecular weight excluding hydrogens is 1600 g/mol. The number of fused-ring (bicyclic) bond motifs is 2. The highest BCUT2D eigenvalue weighted by Gasteiger charge is 2.40. The Morgan fingerprint density at radius 1 is 0.456 bits per heavy atom. The summed E-state index contributed by atoms with van der Waals surface area (Å²) in [7, 11) is 3.25. The van der Waals surface area contributed by atoms with Crippen molar-refractivity contribution < 1.29 is 46.3 Å². The third-order valence-corrected chi connectivity index (χ3v) is 22.8. The SMILES string of the molecule is CC(C)(C)N1CC2CCC(C1)O2.CC(C)(C)N1CCC(F)(F)CC1.CC(C)(C)N1CCOCC1.CC(C)(C)c1ccc(F)cn1.CC(C)C1CN(C(C)(C)C)CCO1.CC1CN(C(C)(C)C)CC(C)O1.CC1CN(C(C)(C)C)CCO1.COc1cc(C(C)(C)C)ncn1.COc1ccc(C(C)(C)C)nc1.[C-]#[N+]c1ccc(C)s1.[C-]#[N+]c1nccc(C(C)(C)C)n1. The van der Waals surface area contributed by atoms with E-state index in [2.05, 4.69) is 291 Å². The molecule has 7 saturated heterocycles. The Balaban J connectivity index is 0.000000466. The zero-order chi connectivity index (χ0) is 95.7. The number of rotatable bonds is 3. The van der Waals surface area contributed by atoms with Gasteiger partial charge in [0.1, 0.15) is 23.6 Å². The van der Waals surface area contributed by atoms with E-state index in [0.29, 0.717) is 78.1 Å². The number of pyridine rings is 2. The van der Waals surface area contributed by atoms with Gasteiger partial charge in [-0.2, -0.15) is 21.3 Å². The Labute approximate surface area is 762 Å². The Hall–Kier alpha value is -5.91. The van der Waals surface area contributed by atoms with Crippen molar-refractivity contribution in [1.82, 2.24) is 59.3 Å². The van der Waals surface area contributed by atoms with Crippen molar-refractivity contribution in [3.63, 3.8) is 0 Å². The number of piperidine rings is 1. The lowest BCUT2D eigenvalue weighted by molar-refractivity contribution is -0.0924.